The Morgan fingerprint density at radius 1 is 1.26 bits per heavy atom. The number of carbonyl (C=O) groups is 1. The lowest BCUT2D eigenvalue weighted by molar-refractivity contribution is -0.136. The van der Waals surface area contributed by atoms with Gasteiger partial charge < -0.3 is 5.11 Å². The topological polar surface area (TPSA) is 83.5 Å². The molecular formula is C11H13F2NO4S. The van der Waals surface area contributed by atoms with Crippen LogP contribution in [-0.2, 0) is 14.8 Å². The first-order chi connectivity index (χ1) is 8.66. The van der Waals surface area contributed by atoms with Gasteiger partial charge in [0.15, 0.2) is 5.25 Å². The Kier molecular flexibility index (Phi) is 4.59. The first-order valence-corrected chi connectivity index (χ1v) is 6.89. The van der Waals surface area contributed by atoms with Crippen LogP contribution in [0, 0.1) is 11.6 Å². The molecule has 0 bridgehead atoms. The first kappa shape index (κ1) is 15.5. The van der Waals surface area contributed by atoms with Gasteiger partial charge in [-0.05, 0) is 26.0 Å². The van der Waals surface area contributed by atoms with Crippen LogP contribution in [0.25, 0.3) is 0 Å². The van der Waals surface area contributed by atoms with Crippen molar-refractivity contribution in [2.45, 2.75) is 25.1 Å². The van der Waals surface area contributed by atoms with Gasteiger partial charge in [-0.25, -0.2) is 21.9 Å². The van der Waals surface area contributed by atoms with Crippen LogP contribution in [-0.4, -0.2) is 24.7 Å². The highest BCUT2D eigenvalue weighted by Crippen LogP contribution is 2.21. The number of aliphatic carboxylic acids is 1. The number of carboxylic acid groups (broad SMARTS) is 1. The molecule has 0 aliphatic carbocycles. The first-order valence-electron chi connectivity index (χ1n) is 5.34. The highest BCUT2D eigenvalue weighted by Gasteiger charge is 2.30. The number of hydrogen-bond donors (Lipinski definition) is 2. The molecule has 0 amide bonds. The van der Waals surface area contributed by atoms with E-state index in [2.05, 4.69) is 0 Å². The highest BCUT2D eigenvalue weighted by atomic mass is 32.2. The number of rotatable bonds is 5. The zero-order chi connectivity index (χ0) is 14.8. The third kappa shape index (κ3) is 3.48. The molecule has 2 N–H and O–H groups in total. The number of hydrogen-bond acceptors (Lipinski definition) is 3. The van der Waals surface area contributed by atoms with E-state index in [1.54, 1.807) is 0 Å². The van der Waals surface area contributed by atoms with Crippen molar-refractivity contribution in [3.05, 3.63) is 35.4 Å². The summed E-state index contributed by atoms with van der Waals surface area (Å²) in [5.41, 5.74) is -0.455. The number of benzene rings is 1. The molecule has 19 heavy (non-hydrogen) atoms. The van der Waals surface area contributed by atoms with Gasteiger partial charge >= 0.3 is 5.97 Å². The minimum absolute atomic E-state index is 0.455. The second-order valence-electron chi connectivity index (χ2n) is 4.00. The smallest absolute Gasteiger partial charge is 0.323 e. The van der Waals surface area contributed by atoms with Crippen LogP contribution in [0.15, 0.2) is 18.2 Å². The van der Waals surface area contributed by atoms with Crippen LogP contribution in [0.3, 0.4) is 0 Å². The van der Waals surface area contributed by atoms with Crippen molar-refractivity contribution in [1.82, 2.24) is 4.72 Å². The largest absolute Gasteiger partial charge is 0.480 e. The van der Waals surface area contributed by atoms with E-state index >= 15 is 0 Å². The summed E-state index contributed by atoms with van der Waals surface area (Å²) < 4.78 is 52.1. The van der Waals surface area contributed by atoms with Gasteiger partial charge in [0.25, 0.3) is 0 Å². The van der Waals surface area contributed by atoms with Crippen LogP contribution in [0.4, 0.5) is 8.78 Å². The monoisotopic (exact) mass is 293 g/mol. The molecule has 5 nitrogen and oxygen atoms in total. The van der Waals surface area contributed by atoms with Crippen LogP contribution >= 0.6 is 0 Å². The molecule has 0 aromatic heterocycles. The maximum absolute atomic E-state index is 13.4. The van der Waals surface area contributed by atoms with Crippen LogP contribution < -0.4 is 4.72 Å². The standard InChI is InChI=1S/C11H13F2NO4S/c1-6(10-8(12)4-3-5-9(10)13)14-19(17,18)7(2)11(15)16/h3-7,14H,1-2H3,(H,15,16). The zero-order valence-corrected chi connectivity index (χ0v) is 11.0. The summed E-state index contributed by atoms with van der Waals surface area (Å²) in [6.45, 7) is 2.20. The fraction of sp³-hybridized carbons (Fsp3) is 0.364. The summed E-state index contributed by atoms with van der Waals surface area (Å²) in [6.07, 6.45) is 0. The zero-order valence-electron chi connectivity index (χ0n) is 10.2. The SMILES string of the molecule is CC(NS(=O)(=O)C(C)C(=O)O)c1c(F)cccc1F. The van der Waals surface area contributed by atoms with E-state index in [1.807, 2.05) is 4.72 Å². The summed E-state index contributed by atoms with van der Waals surface area (Å²) in [5.74, 6) is -3.36. The normalized spacial score (nSPS) is 14.9. The molecule has 2 unspecified atom stereocenters. The molecule has 1 aromatic carbocycles. The van der Waals surface area contributed by atoms with E-state index < -0.39 is 44.5 Å². The molecule has 8 heteroatoms. The fourth-order valence-corrected chi connectivity index (χ4v) is 2.54. The molecule has 0 aliphatic heterocycles. The fourth-order valence-electron chi connectivity index (χ4n) is 1.46. The quantitative estimate of drug-likeness (QED) is 0.860. The minimum Gasteiger partial charge on any atom is -0.480 e. The summed E-state index contributed by atoms with van der Waals surface area (Å²) in [4.78, 5) is 10.6. The van der Waals surface area contributed by atoms with E-state index in [9.17, 15) is 22.0 Å². The molecule has 106 valence electrons. The van der Waals surface area contributed by atoms with Crippen LogP contribution in [0.2, 0.25) is 0 Å². The average Bonchev–Trinajstić information content (AvgIpc) is 2.26. The molecule has 0 saturated heterocycles. The van der Waals surface area contributed by atoms with Gasteiger partial charge in [-0.2, -0.15) is 0 Å². The lowest BCUT2D eigenvalue weighted by atomic mass is 10.1. The maximum Gasteiger partial charge on any atom is 0.323 e. The molecule has 1 aromatic rings. The number of sulfonamides is 1. The van der Waals surface area contributed by atoms with Crippen LogP contribution in [0.1, 0.15) is 25.5 Å². The minimum atomic E-state index is -4.22. The van der Waals surface area contributed by atoms with E-state index in [-0.39, 0.29) is 0 Å². The van der Waals surface area contributed by atoms with Crippen molar-refractivity contribution in [3.8, 4) is 0 Å². The van der Waals surface area contributed by atoms with Crippen molar-refractivity contribution in [2.75, 3.05) is 0 Å². The van der Waals surface area contributed by atoms with E-state index in [0.717, 1.165) is 25.1 Å². The summed E-state index contributed by atoms with van der Waals surface area (Å²) >= 11 is 0. The Morgan fingerprint density at radius 2 is 1.74 bits per heavy atom. The predicted octanol–water partition coefficient (Wildman–Crippen LogP) is 1.42. The lowest BCUT2D eigenvalue weighted by Gasteiger charge is -2.17. The maximum atomic E-state index is 13.4. The Hall–Kier alpha value is -1.54. The van der Waals surface area contributed by atoms with Gasteiger partial charge in [0.05, 0.1) is 0 Å². The molecule has 0 saturated carbocycles. The van der Waals surface area contributed by atoms with Gasteiger partial charge in [-0.15, -0.1) is 0 Å². The van der Waals surface area contributed by atoms with Crippen molar-refractivity contribution in [1.29, 1.82) is 0 Å². The van der Waals surface area contributed by atoms with Gasteiger partial charge in [0, 0.05) is 11.6 Å². The third-order valence-electron chi connectivity index (χ3n) is 2.59. The lowest BCUT2D eigenvalue weighted by Crippen LogP contribution is -2.39. The van der Waals surface area contributed by atoms with Gasteiger partial charge in [0.1, 0.15) is 11.6 Å². The second kappa shape index (κ2) is 5.62. The summed E-state index contributed by atoms with van der Waals surface area (Å²) in [5, 5.41) is 6.93. The van der Waals surface area contributed by atoms with Crippen molar-refractivity contribution >= 4 is 16.0 Å². The summed E-state index contributed by atoms with van der Waals surface area (Å²) in [6, 6.07) is 1.91. The van der Waals surface area contributed by atoms with Crippen molar-refractivity contribution < 1.29 is 27.1 Å². The van der Waals surface area contributed by atoms with Crippen molar-refractivity contribution in [3.63, 3.8) is 0 Å². The molecule has 0 aliphatic rings. The van der Waals surface area contributed by atoms with Crippen LogP contribution in [0.5, 0.6) is 0 Å². The molecule has 0 spiro atoms. The van der Waals surface area contributed by atoms with E-state index in [1.165, 1.54) is 6.92 Å². The predicted molar refractivity (Wildman–Crippen MR) is 63.9 cm³/mol. The highest BCUT2D eigenvalue weighted by molar-refractivity contribution is 7.90. The number of carboxylic acids is 1. The van der Waals surface area contributed by atoms with E-state index in [0.29, 0.717) is 0 Å². The molecule has 2 atom stereocenters. The van der Waals surface area contributed by atoms with Gasteiger partial charge in [0.2, 0.25) is 10.0 Å². The van der Waals surface area contributed by atoms with Gasteiger partial charge in [-0.1, -0.05) is 6.07 Å². The van der Waals surface area contributed by atoms with E-state index in [4.69, 9.17) is 5.11 Å². The third-order valence-corrected chi connectivity index (χ3v) is 4.40. The molecule has 1 rings (SSSR count). The Balaban J connectivity index is 3.04. The molecule has 0 fully saturated rings. The molecule has 0 heterocycles. The number of nitrogens with one attached hydrogen (secondary N) is 1. The number of halogens is 2. The molecule has 0 radical (unpaired) electrons. The second-order valence-corrected chi connectivity index (χ2v) is 6.03. The molecular weight excluding hydrogens is 280 g/mol. The Morgan fingerprint density at radius 3 is 2.16 bits per heavy atom. The Labute approximate surface area is 109 Å². The summed E-state index contributed by atoms with van der Waals surface area (Å²) in [7, 11) is -4.22. The average molecular weight is 293 g/mol. The van der Waals surface area contributed by atoms with Crippen molar-refractivity contribution in [2.24, 2.45) is 0 Å². The Bertz CT molecular complexity index is 568. The van der Waals surface area contributed by atoms with Gasteiger partial charge in [-0.3, -0.25) is 4.79 Å².